The van der Waals surface area contributed by atoms with E-state index in [0.29, 0.717) is 0 Å². The lowest BCUT2D eigenvalue weighted by molar-refractivity contribution is -0.137. The summed E-state index contributed by atoms with van der Waals surface area (Å²) in [5, 5.41) is 11.5. The van der Waals surface area contributed by atoms with E-state index in [1.807, 2.05) is 20.8 Å². The molecule has 0 saturated carbocycles. The zero-order chi connectivity index (χ0) is 15.5. The number of hydrogen-bond donors (Lipinski definition) is 2. The zero-order valence-electron chi connectivity index (χ0n) is 11.1. The van der Waals surface area contributed by atoms with E-state index in [0.717, 1.165) is 11.3 Å². The van der Waals surface area contributed by atoms with Crippen LogP contribution in [0.25, 0.3) is 0 Å². The minimum Gasteiger partial charge on any atom is -0.479 e. The van der Waals surface area contributed by atoms with Gasteiger partial charge in [0, 0.05) is 0 Å². The van der Waals surface area contributed by atoms with Crippen LogP contribution in [0.1, 0.15) is 30.6 Å². The van der Waals surface area contributed by atoms with Crippen LogP contribution in [0.15, 0.2) is 12.2 Å². The molecule has 0 aromatic carbocycles. The zero-order valence-corrected chi connectivity index (χ0v) is 13.4. The Morgan fingerprint density at radius 3 is 2.40 bits per heavy atom. The SMILES string of the molecule is CC(C)(C)/C=C/C(NC(=O)c1nc(Cl)c(Cl)s1)C(=O)O. The van der Waals surface area contributed by atoms with Gasteiger partial charge in [0.25, 0.3) is 5.91 Å². The molecule has 1 rings (SSSR count). The van der Waals surface area contributed by atoms with Crippen LogP contribution in [0, 0.1) is 5.41 Å². The maximum Gasteiger partial charge on any atom is 0.330 e. The lowest BCUT2D eigenvalue weighted by Gasteiger charge is -2.14. The second-order valence-corrected chi connectivity index (χ2v) is 7.06. The van der Waals surface area contributed by atoms with Gasteiger partial charge in [-0.25, -0.2) is 9.78 Å². The Morgan fingerprint density at radius 2 is 2.00 bits per heavy atom. The van der Waals surface area contributed by atoms with E-state index in [2.05, 4.69) is 10.3 Å². The number of thiazole rings is 1. The smallest absolute Gasteiger partial charge is 0.330 e. The van der Waals surface area contributed by atoms with E-state index >= 15 is 0 Å². The number of aromatic nitrogens is 1. The molecular formula is C12H14Cl2N2O3S. The second-order valence-electron chi connectivity index (χ2n) is 5.10. The molecule has 1 heterocycles. The highest BCUT2D eigenvalue weighted by molar-refractivity contribution is 7.18. The van der Waals surface area contributed by atoms with Gasteiger partial charge in [-0.15, -0.1) is 0 Å². The lowest BCUT2D eigenvalue weighted by atomic mass is 9.95. The number of halogens is 2. The lowest BCUT2D eigenvalue weighted by Crippen LogP contribution is -2.39. The van der Waals surface area contributed by atoms with Crippen LogP contribution in [-0.2, 0) is 4.79 Å². The van der Waals surface area contributed by atoms with Crippen LogP contribution >= 0.6 is 34.5 Å². The molecule has 0 spiro atoms. The Morgan fingerprint density at radius 1 is 1.40 bits per heavy atom. The predicted molar refractivity (Wildman–Crippen MR) is 79.6 cm³/mol. The van der Waals surface area contributed by atoms with Crippen molar-refractivity contribution in [2.75, 3.05) is 0 Å². The molecule has 0 bridgehead atoms. The van der Waals surface area contributed by atoms with Gasteiger partial charge in [0.2, 0.25) is 0 Å². The summed E-state index contributed by atoms with van der Waals surface area (Å²) >= 11 is 12.3. The summed E-state index contributed by atoms with van der Waals surface area (Å²) in [4.78, 5) is 26.7. The van der Waals surface area contributed by atoms with Crippen LogP contribution in [0.5, 0.6) is 0 Å². The number of carboxylic acids is 1. The monoisotopic (exact) mass is 336 g/mol. The van der Waals surface area contributed by atoms with Gasteiger partial charge in [-0.3, -0.25) is 4.79 Å². The number of aliphatic carboxylic acids is 1. The first-order chi connectivity index (χ1) is 9.10. The molecule has 20 heavy (non-hydrogen) atoms. The van der Waals surface area contributed by atoms with Gasteiger partial charge in [0.15, 0.2) is 10.2 Å². The summed E-state index contributed by atoms with van der Waals surface area (Å²) in [6, 6.07) is -1.14. The molecule has 1 aromatic rings. The van der Waals surface area contributed by atoms with Crippen molar-refractivity contribution in [2.45, 2.75) is 26.8 Å². The molecule has 0 saturated heterocycles. The molecule has 1 atom stereocenters. The molecule has 8 heteroatoms. The van der Waals surface area contributed by atoms with Gasteiger partial charge < -0.3 is 10.4 Å². The average molecular weight is 337 g/mol. The fraction of sp³-hybridized carbons (Fsp3) is 0.417. The normalized spacial score (nSPS) is 13.4. The maximum atomic E-state index is 11.9. The third kappa shape index (κ3) is 5.11. The van der Waals surface area contributed by atoms with Crippen molar-refractivity contribution < 1.29 is 14.7 Å². The fourth-order valence-electron chi connectivity index (χ4n) is 1.16. The van der Waals surface area contributed by atoms with Crippen molar-refractivity contribution in [3.63, 3.8) is 0 Å². The Balaban J connectivity index is 2.83. The molecule has 0 aliphatic rings. The number of carboxylic acid groups (broad SMARTS) is 1. The van der Waals surface area contributed by atoms with E-state index in [1.165, 1.54) is 6.08 Å². The third-order valence-electron chi connectivity index (χ3n) is 2.08. The molecule has 0 aliphatic heterocycles. The summed E-state index contributed by atoms with van der Waals surface area (Å²) in [5.74, 6) is -1.79. The first kappa shape index (κ1) is 16.9. The molecule has 1 amide bonds. The highest BCUT2D eigenvalue weighted by atomic mass is 35.5. The Labute approximate surface area is 130 Å². The average Bonchev–Trinajstić information content (AvgIpc) is 2.63. The molecule has 1 unspecified atom stereocenters. The standard InChI is InChI=1S/C12H14Cl2N2O3S/c1-12(2,3)5-4-6(11(18)19)15-9(17)10-16-7(13)8(14)20-10/h4-6H,1-3H3,(H,15,17)(H,18,19)/b5-4+. The highest BCUT2D eigenvalue weighted by Crippen LogP contribution is 2.28. The highest BCUT2D eigenvalue weighted by Gasteiger charge is 2.21. The number of nitrogens with zero attached hydrogens (tertiary/aromatic N) is 1. The number of carbonyl (C=O) groups is 2. The van der Waals surface area contributed by atoms with Crippen molar-refractivity contribution in [1.82, 2.24) is 10.3 Å². The van der Waals surface area contributed by atoms with E-state index in [1.54, 1.807) is 6.08 Å². The molecule has 110 valence electrons. The van der Waals surface area contributed by atoms with Gasteiger partial charge in [-0.1, -0.05) is 67.5 Å². The van der Waals surface area contributed by atoms with Crippen LogP contribution in [-0.4, -0.2) is 28.0 Å². The van der Waals surface area contributed by atoms with Crippen molar-refractivity contribution in [3.05, 3.63) is 26.6 Å². The van der Waals surface area contributed by atoms with Gasteiger partial charge in [-0.2, -0.15) is 0 Å². The van der Waals surface area contributed by atoms with Gasteiger partial charge in [-0.05, 0) is 5.41 Å². The Bertz CT molecular complexity index is 530. The summed E-state index contributed by atoms with van der Waals surface area (Å²) in [6.07, 6.45) is 3.14. The van der Waals surface area contributed by atoms with E-state index in [4.69, 9.17) is 28.3 Å². The molecule has 0 fully saturated rings. The molecule has 0 radical (unpaired) electrons. The predicted octanol–water partition coefficient (Wildman–Crippen LogP) is 3.24. The first-order valence-electron chi connectivity index (χ1n) is 5.65. The summed E-state index contributed by atoms with van der Waals surface area (Å²) in [6.45, 7) is 5.76. The van der Waals surface area contributed by atoms with E-state index in [-0.39, 0.29) is 19.9 Å². The maximum absolute atomic E-state index is 11.9. The van der Waals surface area contributed by atoms with E-state index in [9.17, 15) is 9.59 Å². The topological polar surface area (TPSA) is 79.3 Å². The quantitative estimate of drug-likeness (QED) is 0.827. The number of amides is 1. The number of hydrogen-bond acceptors (Lipinski definition) is 4. The number of allylic oxidation sites excluding steroid dienone is 1. The van der Waals surface area contributed by atoms with E-state index < -0.39 is 17.9 Å². The van der Waals surface area contributed by atoms with Gasteiger partial charge in [0.05, 0.1) is 0 Å². The minimum absolute atomic E-state index is 0.0235. The van der Waals surface area contributed by atoms with Crippen LogP contribution < -0.4 is 5.32 Å². The van der Waals surface area contributed by atoms with Crippen molar-refractivity contribution in [3.8, 4) is 0 Å². The first-order valence-corrected chi connectivity index (χ1v) is 7.22. The van der Waals surface area contributed by atoms with Crippen molar-refractivity contribution >= 4 is 46.4 Å². The number of rotatable bonds is 4. The number of carbonyl (C=O) groups excluding carboxylic acids is 1. The molecule has 5 nitrogen and oxygen atoms in total. The minimum atomic E-state index is -1.16. The Hall–Kier alpha value is -1.11. The summed E-state index contributed by atoms with van der Waals surface area (Å²) in [7, 11) is 0. The van der Waals surface area contributed by atoms with Crippen molar-refractivity contribution in [1.29, 1.82) is 0 Å². The van der Waals surface area contributed by atoms with Crippen LogP contribution in [0.4, 0.5) is 0 Å². The Kier molecular flexibility index (Phi) is 5.56. The van der Waals surface area contributed by atoms with Crippen molar-refractivity contribution in [2.24, 2.45) is 5.41 Å². The third-order valence-corrected chi connectivity index (χ3v) is 3.82. The molecule has 0 aliphatic carbocycles. The molecule has 1 aromatic heterocycles. The second kappa shape index (κ2) is 6.56. The van der Waals surface area contributed by atoms with Gasteiger partial charge in [0.1, 0.15) is 10.4 Å². The summed E-state index contributed by atoms with van der Waals surface area (Å²) < 4.78 is 0.189. The largest absolute Gasteiger partial charge is 0.479 e. The molecular weight excluding hydrogens is 323 g/mol. The fourth-order valence-corrected chi connectivity index (χ4v) is 2.26. The van der Waals surface area contributed by atoms with Crippen LogP contribution in [0.3, 0.4) is 0 Å². The molecule has 2 N–H and O–H groups in total. The summed E-state index contributed by atoms with van der Waals surface area (Å²) in [5.41, 5.74) is -0.188. The van der Waals surface area contributed by atoms with Gasteiger partial charge >= 0.3 is 5.97 Å². The number of nitrogens with one attached hydrogen (secondary N) is 1. The van der Waals surface area contributed by atoms with Crippen LogP contribution in [0.2, 0.25) is 9.49 Å².